The van der Waals surface area contributed by atoms with Gasteiger partial charge in [-0.2, -0.15) is 0 Å². The van der Waals surface area contributed by atoms with Crippen molar-refractivity contribution in [3.8, 4) is 0 Å². The second kappa shape index (κ2) is 6.64. The van der Waals surface area contributed by atoms with Gasteiger partial charge in [-0.05, 0) is 48.6 Å². The number of pyridine rings is 2. The molecule has 5 nitrogen and oxygen atoms in total. The lowest BCUT2D eigenvalue weighted by molar-refractivity contribution is 0.297. The van der Waals surface area contributed by atoms with E-state index in [1.807, 2.05) is 48.8 Å². The van der Waals surface area contributed by atoms with Gasteiger partial charge in [0.1, 0.15) is 0 Å². The molecule has 3 aromatic heterocycles. The van der Waals surface area contributed by atoms with E-state index in [1.54, 1.807) is 0 Å². The fourth-order valence-corrected chi connectivity index (χ4v) is 3.65. The summed E-state index contributed by atoms with van der Waals surface area (Å²) in [4.78, 5) is 11.2. The summed E-state index contributed by atoms with van der Waals surface area (Å²) in [5.74, 6) is 0. The summed E-state index contributed by atoms with van der Waals surface area (Å²) in [5, 5.41) is 4.19. The van der Waals surface area contributed by atoms with Gasteiger partial charge < -0.3 is 14.8 Å². The van der Waals surface area contributed by atoms with Crippen LogP contribution in [0.5, 0.6) is 0 Å². The van der Waals surface area contributed by atoms with Crippen molar-refractivity contribution in [3.63, 3.8) is 0 Å². The Labute approximate surface area is 152 Å². The zero-order valence-electron chi connectivity index (χ0n) is 13.9. The van der Waals surface area contributed by atoms with Crippen LogP contribution in [0.15, 0.2) is 67.1 Å². The van der Waals surface area contributed by atoms with Crippen molar-refractivity contribution < 1.29 is 0 Å². The number of hydrogen-bond acceptors (Lipinski definition) is 3. The Bertz CT molecular complexity index is 862. The molecule has 0 aromatic carbocycles. The molecule has 4 rings (SSSR count). The summed E-state index contributed by atoms with van der Waals surface area (Å²) in [6, 6.07) is 16.2. The predicted octanol–water partition coefficient (Wildman–Crippen LogP) is 2.99. The minimum atomic E-state index is 0.00557. The summed E-state index contributed by atoms with van der Waals surface area (Å²) >= 11 is 5.66. The normalized spacial score (nSPS) is 19.9. The Morgan fingerprint density at radius 1 is 1.04 bits per heavy atom. The van der Waals surface area contributed by atoms with E-state index >= 15 is 0 Å². The van der Waals surface area contributed by atoms with Gasteiger partial charge in [0.15, 0.2) is 5.11 Å². The van der Waals surface area contributed by atoms with Crippen LogP contribution in [0.3, 0.4) is 0 Å². The van der Waals surface area contributed by atoms with E-state index in [1.165, 1.54) is 5.69 Å². The third-order valence-electron chi connectivity index (χ3n) is 4.54. The highest BCUT2D eigenvalue weighted by atomic mass is 32.1. The van der Waals surface area contributed by atoms with E-state index in [0.29, 0.717) is 6.54 Å². The average molecular weight is 349 g/mol. The van der Waals surface area contributed by atoms with Gasteiger partial charge in [-0.3, -0.25) is 9.97 Å². The molecule has 1 aliphatic heterocycles. The summed E-state index contributed by atoms with van der Waals surface area (Å²) in [5.41, 5.74) is 3.17. The first kappa shape index (κ1) is 15.8. The maximum absolute atomic E-state index is 5.66. The van der Waals surface area contributed by atoms with E-state index in [4.69, 9.17) is 12.2 Å². The number of aromatic nitrogens is 3. The molecule has 1 aliphatic rings. The molecule has 0 amide bonds. The Hall–Kier alpha value is -2.73. The van der Waals surface area contributed by atoms with E-state index < -0.39 is 0 Å². The molecule has 6 heteroatoms. The third-order valence-corrected chi connectivity index (χ3v) is 4.90. The molecule has 0 radical (unpaired) electrons. The molecule has 0 unspecified atom stereocenters. The second-order valence-electron chi connectivity index (χ2n) is 6.12. The van der Waals surface area contributed by atoms with Crippen molar-refractivity contribution >= 4 is 17.3 Å². The SMILES string of the molecule is Cn1cccc1[C@H]1[C@@H](c2ccccn2)NC(=S)N1Cc1ccccn1. The van der Waals surface area contributed by atoms with E-state index in [9.17, 15) is 0 Å². The molecule has 0 aliphatic carbocycles. The van der Waals surface area contributed by atoms with Crippen LogP contribution in [0.25, 0.3) is 0 Å². The predicted molar refractivity (Wildman–Crippen MR) is 101 cm³/mol. The largest absolute Gasteiger partial charge is 0.353 e. The Balaban J connectivity index is 1.74. The molecule has 0 spiro atoms. The van der Waals surface area contributed by atoms with Crippen LogP contribution in [0, 0.1) is 0 Å². The Morgan fingerprint density at radius 2 is 1.84 bits per heavy atom. The first-order valence-electron chi connectivity index (χ1n) is 8.23. The number of nitrogens with zero attached hydrogens (tertiary/aromatic N) is 4. The number of thiocarbonyl (C=S) groups is 1. The Morgan fingerprint density at radius 3 is 2.48 bits per heavy atom. The molecular formula is C19H19N5S. The summed E-state index contributed by atoms with van der Waals surface area (Å²) in [7, 11) is 2.06. The lowest BCUT2D eigenvalue weighted by atomic mass is 10.0. The van der Waals surface area contributed by atoms with Crippen LogP contribution in [-0.4, -0.2) is 24.5 Å². The van der Waals surface area contributed by atoms with Gasteiger partial charge in [0.25, 0.3) is 0 Å². The molecule has 0 saturated carbocycles. The van der Waals surface area contributed by atoms with Crippen molar-refractivity contribution in [2.75, 3.05) is 0 Å². The smallest absolute Gasteiger partial charge is 0.170 e. The molecule has 1 fully saturated rings. The third kappa shape index (κ3) is 3.00. The highest BCUT2D eigenvalue weighted by Gasteiger charge is 2.40. The van der Waals surface area contributed by atoms with Gasteiger partial charge in [0.2, 0.25) is 0 Å². The average Bonchev–Trinajstić information content (AvgIpc) is 3.20. The van der Waals surface area contributed by atoms with Gasteiger partial charge in [-0.25, -0.2) is 0 Å². The fraction of sp³-hybridized carbons (Fsp3) is 0.211. The molecule has 1 saturated heterocycles. The topological polar surface area (TPSA) is 46.0 Å². The maximum atomic E-state index is 5.66. The van der Waals surface area contributed by atoms with Crippen molar-refractivity contribution in [1.82, 2.24) is 24.8 Å². The number of hydrogen-bond donors (Lipinski definition) is 1. The molecule has 2 atom stereocenters. The van der Waals surface area contributed by atoms with Crippen molar-refractivity contribution in [2.45, 2.75) is 18.6 Å². The summed E-state index contributed by atoms with van der Waals surface area (Å²) in [6.45, 7) is 0.659. The van der Waals surface area contributed by atoms with Gasteiger partial charge in [0.05, 0.1) is 30.0 Å². The lowest BCUT2D eigenvalue weighted by Crippen LogP contribution is -2.30. The van der Waals surface area contributed by atoms with E-state index in [0.717, 1.165) is 16.5 Å². The monoisotopic (exact) mass is 349 g/mol. The van der Waals surface area contributed by atoms with Crippen molar-refractivity contribution in [3.05, 3.63) is 84.2 Å². The molecular weight excluding hydrogens is 330 g/mol. The van der Waals surface area contributed by atoms with Crippen LogP contribution in [0.1, 0.15) is 29.2 Å². The summed E-state index contributed by atoms with van der Waals surface area (Å²) in [6.07, 6.45) is 5.70. The van der Waals surface area contributed by atoms with Crippen LogP contribution in [0.4, 0.5) is 0 Å². The molecule has 4 heterocycles. The number of rotatable bonds is 4. The second-order valence-corrected chi connectivity index (χ2v) is 6.51. The number of aryl methyl sites for hydroxylation is 1. The molecule has 3 aromatic rings. The Kier molecular flexibility index (Phi) is 4.19. The quantitative estimate of drug-likeness (QED) is 0.734. The molecule has 0 bridgehead atoms. The first-order chi connectivity index (χ1) is 12.2. The van der Waals surface area contributed by atoms with Gasteiger partial charge >= 0.3 is 0 Å². The van der Waals surface area contributed by atoms with Crippen LogP contribution < -0.4 is 5.32 Å². The minimum absolute atomic E-state index is 0.00557. The van der Waals surface area contributed by atoms with Crippen LogP contribution in [-0.2, 0) is 13.6 Å². The van der Waals surface area contributed by atoms with Crippen LogP contribution in [0.2, 0.25) is 0 Å². The molecule has 126 valence electrons. The molecule has 1 N–H and O–H groups in total. The standard InChI is InChI=1S/C19H19N5S/c1-23-12-6-9-16(23)18-17(15-8-3-5-11-21-15)22-19(25)24(18)13-14-7-2-4-10-20-14/h2-12,17-18H,13H2,1H3,(H,22,25)/t17-,18+/m1/s1. The highest BCUT2D eigenvalue weighted by Crippen LogP contribution is 2.39. The lowest BCUT2D eigenvalue weighted by Gasteiger charge is -2.28. The first-order valence-corrected chi connectivity index (χ1v) is 8.64. The zero-order chi connectivity index (χ0) is 17.2. The van der Waals surface area contributed by atoms with Gasteiger partial charge in [-0.1, -0.05) is 12.1 Å². The zero-order valence-corrected chi connectivity index (χ0v) is 14.7. The highest BCUT2D eigenvalue weighted by molar-refractivity contribution is 7.80. The maximum Gasteiger partial charge on any atom is 0.170 e. The van der Waals surface area contributed by atoms with E-state index in [-0.39, 0.29) is 12.1 Å². The van der Waals surface area contributed by atoms with Crippen LogP contribution >= 0.6 is 12.2 Å². The minimum Gasteiger partial charge on any atom is -0.353 e. The van der Waals surface area contributed by atoms with Crippen molar-refractivity contribution in [2.24, 2.45) is 7.05 Å². The van der Waals surface area contributed by atoms with E-state index in [2.05, 4.69) is 50.1 Å². The molecule has 25 heavy (non-hydrogen) atoms. The van der Waals surface area contributed by atoms with Crippen molar-refractivity contribution in [1.29, 1.82) is 0 Å². The number of nitrogens with one attached hydrogen (secondary N) is 1. The fourth-order valence-electron chi connectivity index (χ4n) is 3.35. The van der Waals surface area contributed by atoms with Gasteiger partial charge in [-0.15, -0.1) is 0 Å². The van der Waals surface area contributed by atoms with Gasteiger partial charge in [0, 0.05) is 31.3 Å². The summed E-state index contributed by atoms with van der Waals surface area (Å²) < 4.78 is 2.14.